The van der Waals surface area contributed by atoms with E-state index in [1.54, 1.807) is 24.1 Å². The van der Waals surface area contributed by atoms with Crippen LogP contribution in [0.25, 0.3) is 10.8 Å². The van der Waals surface area contributed by atoms with E-state index in [2.05, 4.69) is 5.32 Å². The van der Waals surface area contributed by atoms with Gasteiger partial charge in [-0.2, -0.15) is 0 Å². The molecule has 1 N–H and O–H groups in total. The molecule has 0 aromatic heterocycles. The molecule has 5 nitrogen and oxygen atoms in total. The van der Waals surface area contributed by atoms with Crippen molar-refractivity contribution in [2.24, 2.45) is 5.92 Å². The van der Waals surface area contributed by atoms with Gasteiger partial charge in [0.25, 0.3) is 5.91 Å². The Morgan fingerprint density at radius 2 is 1.90 bits per heavy atom. The van der Waals surface area contributed by atoms with Crippen LogP contribution >= 0.6 is 11.6 Å². The number of amides is 2. The molecule has 1 fully saturated rings. The number of halogens is 2. The summed E-state index contributed by atoms with van der Waals surface area (Å²) in [5, 5.41) is 4.58. The molecule has 160 valence electrons. The summed E-state index contributed by atoms with van der Waals surface area (Å²) in [7, 11) is 1.60. The van der Waals surface area contributed by atoms with Gasteiger partial charge in [-0.15, -0.1) is 0 Å². The third kappa shape index (κ3) is 4.35. The number of anilines is 1. The highest BCUT2D eigenvalue weighted by atomic mass is 35.5. The minimum atomic E-state index is -0.468. The largest absolute Gasteiger partial charge is 0.496 e. The van der Waals surface area contributed by atoms with Crippen molar-refractivity contribution in [1.29, 1.82) is 0 Å². The lowest BCUT2D eigenvalue weighted by atomic mass is 9.95. The average molecular weight is 441 g/mol. The van der Waals surface area contributed by atoms with Gasteiger partial charge in [0.15, 0.2) is 0 Å². The van der Waals surface area contributed by atoms with Gasteiger partial charge >= 0.3 is 0 Å². The van der Waals surface area contributed by atoms with Crippen LogP contribution in [0, 0.1) is 11.7 Å². The topological polar surface area (TPSA) is 58.6 Å². The third-order valence-corrected chi connectivity index (χ3v) is 5.92. The highest BCUT2D eigenvalue weighted by Crippen LogP contribution is 2.30. The van der Waals surface area contributed by atoms with Crippen LogP contribution in [0.4, 0.5) is 10.1 Å². The van der Waals surface area contributed by atoms with Gasteiger partial charge in [-0.25, -0.2) is 4.39 Å². The first-order valence-electron chi connectivity index (χ1n) is 10.1. The van der Waals surface area contributed by atoms with Crippen LogP contribution in [-0.2, 0) is 4.79 Å². The summed E-state index contributed by atoms with van der Waals surface area (Å²) < 4.78 is 18.7. The van der Waals surface area contributed by atoms with E-state index < -0.39 is 5.82 Å². The standard InChI is InChI=1S/C24H22ClFN2O3/c1-31-22-11-9-19(17-6-2-3-7-18(17)22)24(30)28-12-4-5-15(14-28)23(29)27-21-10-8-16(26)13-20(21)25/h2-3,6-11,13,15H,4-5,12,14H2,1H3,(H,27,29)/t15-/m0/s1. The van der Waals surface area contributed by atoms with E-state index in [0.717, 1.165) is 23.3 Å². The van der Waals surface area contributed by atoms with Crippen molar-refractivity contribution in [2.75, 3.05) is 25.5 Å². The Hall–Kier alpha value is -3.12. The number of carbonyl (C=O) groups excluding carboxylic acids is 2. The van der Waals surface area contributed by atoms with Crippen molar-refractivity contribution in [3.63, 3.8) is 0 Å². The monoisotopic (exact) mass is 440 g/mol. The van der Waals surface area contributed by atoms with Crippen LogP contribution in [0.3, 0.4) is 0 Å². The van der Waals surface area contributed by atoms with Crippen LogP contribution in [0.5, 0.6) is 5.75 Å². The second-order valence-corrected chi connectivity index (χ2v) is 7.97. The molecule has 1 aliphatic heterocycles. The fourth-order valence-electron chi connectivity index (χ4n) is 4.01. The smallest absolute Gasteiger partial charge is 0.254 e. The molecule has 0 spiro atoms. The fourth-order valence-corrected chi connectivity index (χ4v) is 4.22. The molecule has 1 heterocycles. The summed E-state index contributed by atoms with van der Waals surface area (Å²) in [6, 6.07) is 15.0. The van der Waals surface area contributed by atoms with Gasteiger partial charge in [0, 0.05) is 24.0 Å². The zero-order valence-electron chi connectivity index (χ0n) is 17.0. The Kier molecular flexibility index (Phi) is 6.09. The third-order valence-electron chi connectivity index (χ3n) is 5.60. The minimum Gasteiger partial charge on any atom is -0.496 e. The number of nitrogens with zero attached hydrogens (tertiary/aromatic N) is 1. The van der Waals surface area contributed by atoms with Crippen molar-refractivity contribution in [2.45, 2.75) is 12.8 Å². The summed E-state index contributed by atoms with van der Waals surface area (Å²) in [5.41, 5.74) is 0.941. The zero-order valence-corrected chi connectivity index (χ0v) is 17.8. The normalized spacial score (nSPS) is 16.2. The van der Waals surface area contributed by atoms with Crippen LogP contribution in [0.2, 0.25) is 5.02 Å². The maximum atomic E-state index is 13.3. The summed E-state index contributed by atoms with van der Waals surface area (Å²) >= 11 is 6.02. The Labute approximate surface area is 184 Å². The van der Waals surface area contributed by atoms with E-state index >= 15 is 0 Å². The lowest BCUT2D eigenvalue weighted by molar-refractivity contribution is -0.121. The number of rotatable bonds is 4. The molecule has 3 aromatic carbocycles. The first kappa shape index (κ1) is 21.1. The van der Waals surface area contributed by atoms with Gasteiger partial charge < -0.3 is 15.0 Å². The molecule has 0 unspecified atom stereocenters. The van der Waals surface area contributed by atoms with E-state index in [4.69, 9.17) is 16.3 Å². The molecule has 4 rings (SSSR count). The Morgan fingerprint density at radius 3 is 2.65 bits per heavy atom. The van der Waals surface area contributed by atoms with Crippen molar-refractivity contribution >= 4 is 39.9 Å². The van der Waals surface area contributed by atoms with Crippen LogP contribution < -0.4 is 10.1 Å². The van der Waals surface area contributed by atoms with Crippen LogP contribution in [0.1, 0.15) is 23.2 Å². The molecule has 3 aromatic rings. The van der Waals surface area contributed by atoms with E-state index in [0.29, 0.717) is 36.5 Å². The predicted molar refractivity (Wildman–Crippen MR) is 119 cm³/mol. The first-order valence-corrected chi connectivity index (χ1v) is 10.5. The number of benzene rings is 3. The highest BCUT2D eigenvalue weighted by Gasteiger charge is 2.30. The Bertz CT molecular complexity index is 1150. The molecule has 0 saturated carbocycles. The SMILES string of the molecule is COc1ccc(C(=O)N2CCC[C@H](C(=O)Nc3ccc(F)cc3Cl)C2)c2ccccc12. The van der Waals surface area contributed by atoms with Gasteiger partial charge in [0.2, 0.25) is 5.91 Å². The molecule has 0 radical (unpaired) electrons. The van der Waals surface area contributed by atoms with Gasteiger partial charge in [-0.05, 0) is 48.6 Å². The molecule has 7 heteroatoms. The molecule has 1 aliphatic rings. The maximum Gasteiger partial charge on any atom is 0.254 e. The van der Waals surface area contributed by atoms with E-state index in [9.17, 15) is 14.0 Å². The van der Waals surface area contributed by atoms with E-state index in [1.807, 2.05) is 24.3 Å². The number of nitrogens with one attached hydrogen (secondary N) is 1. The number of carbonyl (C=O) groups is 2. The molecular weight excluding hydrogens is 419 g/mol. The number of hydrogen-bond acceptors (Lipinski definition) is 3. The molecule has 0 aliphatic carbocycles. The summed E-state index contributed by atoms with van der Waals surface area (Å²) in [6.07, 6.45) is 1.38. The number of hydrogen-bond donors (Lipinski definition) is 1. The Balaban J connectivity index is 1.53. The number of likely N-dealkylation sites (tertiary alicyclic amines) is 1. The minimum absolute atomic E-state index is 0.115. The van der Waals surface area contributed by atoms with Crippen molar-refractivity contribution in [3.05, 3.63) is 71.0 Å². The lowest BCUT2D eigenvalue weighted by Gasteiger charge is -2.32. The summed E-state index contributed by atoms with van der Waals surface area (Å²) in [4.78, 5) is 27.8. The summed E-state index contributed by atoms with van der Waals surface area (Å²) in [5.74, 6) is -0.478. The molecule has 1 atom stereocenters. The quantitative estimate of drug-likeness (QED) is 0.611. The molecule has 31 heavy (non-hydrogen) atoms. The Morgan fingerprint density at radius 1 is 1.13 bits per heavy atom. The van der Waals surface area contributed by atoms with Gasteiger partial charge in [-0.1, -0.05) is 35.9 Å². The second kappa shape index (κ2) is 8.94. The van der Waals surface area contributed by atoms with Crippen molar-refractivity contribution in [3.8, 4) is 5.75 Å². The number of piperidine rings is 1. The van der Waals surface area contributed by atoms with Crippen molar-refractivity contribution in [1.82, 2.24) is 4.90 Å². The molecular formula is C24H22ClFN2O3. The predicted octanol–water partition coefficient (Wildman–Crippen LogP) is 5.13. The highest BCUT2D eigenvalue weighted by molar-refractivity contribution is 6.33. The van der Waals surface area contributed by atoms with Crippen LogP contribution in [-0.4, -0.2) is 36.9 Å². The molecule has 1 saturated heterocycles. The zero-order chi connectivity index (χ0) is 22.0. The van der Waals surface area contributed by atoms with E-state index in [1.165, 1.54) is 12.1 Å². The number of fused-ring (bicyclic) bond motifs is 1. The van der Waals surface area contributed by atoms with Gasteiger partial charge in [0.1, 0.15) is 11.6 Å². The molecule has 2 amide bonds. The fraction of sp³-hybridized carbons (Fsp3) is 0.250. The van der Waals surface area contributed by atoms with E-state index in [-0.39, 0.29) is 22.8 Å². The second-order valence-electron chi connectivity index (χ2n) is 7.56. The average Bonchev–Trinajstić information content (AvgIpc) is 2.79. The first-order chi connectivity index (χ1) is 15.0. The molecule has 0 bridgehead atoms. The van der Waals surface area contributed by atoms with Gasteiger partial charge in [-0.3, -0.25) is 9.59 Å². The van der Waals surface area contributed by atoms with Crippen molar-refractivity contribution < 1.29 is 18.7 Å². The number of ether oxygens (including phenoxy) is 1. The maximum absolute atomic E-state index is 13.3. The lowest BCUT2D eigenvalue weighted by Crippen LogP contribution is -2.43. The summed E-state index contributed by atoms with van der Waals surface area (Å²) in [6.45, 7) is 0.893. The van der Waals surface area contributed by atoms with Crippen LogP contribution in [0.15, 0.2) is 54.6 Å². The number of methoxy groups -OCH3 is 1. The van der Waals surface area contributed by atoms with Gasteiger partial charge in [0.05, 0.1) is 23.7 Å².